The number of amides is 2. The average molecular weight is 465 g/mol. The topological polar surface area (TPSA) is 58.6 Å². The summed E-state index contributed by atoms with van der Waals surface area (Å²) in [6.45, 7) is 2.56. The highest BCUT2D eigenvalue weighted by molar-refractivity contribution is 6.31. The lowest BCUT2D eigenvalue weighted by atomic mass is 10.0. The van der Waals surface area contributed by atoms with Gasteiger partial charge in [-0.1, -0.05) is 85.3 Å². The van der Waals surface area contributed by atoms with Crippen LogP contribution in [-0.4, -0.2) is 35.9 Å². The van der Waals surface area contributed by atoms with E-state index in [-0.39, 0.29) is 25.0 Å². The van der Waals surface area contributed by atoms with E-state index in [9.17, 15) is 9.59 Å². The van der Waals surface area contributed by atoms with Gasteiger partial charge in [0.2, 0.25) is 5.91 Å². The van der Waals surface area contributed by atoms with Gasteiger partial charge in [-0.2, -0.15) is 0 Å². The fourth-order valence-electron chi connectivity index (χ4n) is 3.47. The molecule has 0 aromatic heterocycles. The average Bonchev–Trinajstić information content (AvgIpc) is 2.85. The van der Waals surface area contributed by atoms with Crippen LogP contribution in [0.15, 0.2) is 84.9 Å². The Morgan fingerprint density at radius 3 is 2.24 bits per heavy atom. The second-order valence-electron chi connectivity index (χ2n) is 7.71. The minimum Gasteiger partial charge on any atom is -0.484 e. The minimum atomic E-state index is -0.706. The molecule has 0 heterocycles. The van der Waals surface area contributed by atoms with E-state index in [4.69, 9.17) is 16.3 Å². The van der Waals surface area contributed by atoms with Crippen LogP contribution < -0.4 is 10.1 Å². The van der Waals surface area contributed by atoms with Crippen LogP contribution >= 0.6 is 11.6 Å². The highest BCUT2D eigenvalue weighted by Gasteiger charge is 2.30. The molecule has 3 aromatic carbocycles. The Labute approximate surface area is 200 Å². The molecule has 0 aliphatic heterocycles. The number of para-hydroxylation sites is 1. The van der Waals surface area contributed by atoms with E-state index in [2.05, 4.69) is 5.32 Å². The maximum Gasteiger partial charge on any atom is 0.261 e. The SMILES string of the molecule is CCCNC(=O)[C@H](Cc1ccccc1)N(Cc1ccccc1Cl)C(=O)COc1ccccc1. The number of ether oxygens (including phenoxy) is 1. The van der Waals surface area contributed by atoms with Gasteiger partial charge in [-0.25, -0.2) is 0 Å². The first-order chi connectivity index (χ1) is 16.1. The van der Waals surface area contributed by atoms with Crippen molar-refractivity contribution in [2.45, 2.75) is 32.4 Å². The van der Waals surface area contributed by atoms with Crippen molar-refractivity contribution >= 4 is 23.4 Å². The smallest absolute Gasteiger partial charge is 0.261 e. The molecule has 0 aliphatic carbocycles. The first kappa shape index (κ1) is 24.3. The molecule has 3 aromatic rings. The van der Waals surface area contributed by atoms with Gasteiger partial charge in [-0.15, -0.1) is 0 Å². The van der Waals surface area contributed by atoms with Crippen molar-refractivity contribution in [1.29, 1.82) is 0 Å². The molecule has 0 bridgehead atoms. The third kappa shape index (κ3) is 7.36. The Morgan fingerprint density at radius 2 is 1.58 bits per heavy atom. The van der Waals surface area contributed by atoms with Crippen molar-refractivity contribution in [2.24, 2.45) is 0 Å². The summed E-state index contributed by atoms with van der Waals surface area (Å²) in [5, 5.41) is 3.50. The van der Waals surface area contributed by atoms with E-state index in [0.717, 1.165) is 17.5 Å². The Morgan fingerprint density at radius 1 is 0.939 bits per heavy atom. The van der Waals surface area contributed by atoms with Crippen LogP contribution in [-0.2, 0) is 22.6 Å². The largest absolute Gasteiger partial charge is 0.484 e. The van der Waals surface area contributed by atoms with Crippen LogP contribution in [0.2, 0.25) is 5.02 Å². The number of carbonyl (C=O) groups is 2. The van der Waals surface area contributed by atoms with Crippen LogP contribution in [0, 0.1) is 0 Å². The first-order valence-corrected chi connectivity index (χ1v) is 11.5. The quantitative estimate of drug-likeness (QED) is 0.439. The molecule has 172 valence electrons. The molecule has 1 N–H and O–H groups in total. The summed E-state index contributed by atoms with van der Waals surface area (Å²) in [4.78, 5) is 28.2. The molecule has 0 saturated heterocycles. The predicted octanol–water partition coefficient (Wildman–Crippen LogP) is 4.89. The van der Waals surface area contributed by atoms with E-state index in [0.29, 0.717) is 23.7 Å². The lowest BCUT2D eigenvalue weighted by molar-refractivity contribution is -0.142. The molecule has 0 unspecified atom stereocenters. The normalized spacial score (nSPS) is 11.5. The van der Waals surface area contributed by atoms with Crippen molar-refractivity contribution in [3.05, 3.63) is 101 Å². The molecule has 0 aliphatic rings. The maximum absolute atomic E-state index is 13.4. The summed E-state index contributed by atoms with van der Waals surface area (Å²) >= 11 is 6.40. The molecule has 2 amide bonds. The molecule has 0 radical (unpaired) electrons. The molecule has 0 saturated carbocycles. The van der Waals surface area contributed by atoms with Crippen molar-refractivity contribution in [1.82, 2.24) is 10.2 Å². The number of benzene rings is 3. The number of halogens is 1. The van der Waals surface area contributed by atoms with Gasteiger partial charge in [0.05, 0.1) is 0 Å². The Kier molecular flexibility index (Phi) is 9.33. The molecule has 1 atom stereocenters. The van der Waals surface area contributed by atoms with Crippen LogP contribution in [0.4, 0.5) is 0 Å². The number of carbonyl (C=O) groups excluding carboxylic acids is 2. The van der Waals surface area contributed by atoms with Crippen LogP contribution in [0.3, 0.4) is 0 Å². The van der Waals surface area contributed by atoms with E-state index >= 15 is 0 Å². The summed E-state index contributed by atoms with van der Waals surface area (Å²) in [6.07, 6.45) is 1.19. The predicted molar refractivity (Wildman–Crippen MR) is 131 cm³/mol. The zero-order valence-electron chi connectivity index (χ0n) is 18.7. The van der Waals surface area contributed by atoms with Crippen molar-refractivity contribution in [3.8, 4) is 5.75 Å². The number of hydrogen-bond donors (Lipinski definition) is 1. The standard InChI is InChI=1S/C27H29ClN2O3/c1-2-17-29-27(32)25(18-21-11-5-3-6-12-21)30(19-22-13-9-10-16-24(22)28)26(31)20-33-23-14-7-4-8-15-23/h3-16,25H,2,17-20H2,1H3,(H,29,32)/t25-/m0/s1. The fourth-order valence-corrected chi connectivity index (χ4v) is 3.67. The van der Waals surface area contributed by atoms with E-state index < -0.39 is 6.04 Å². The van der Waals surface area contributed by atoms with Gasteiger partial charge in [0.15, 0.2) is 6.61 Å². The Balaban J connectivity index is 1.89. The second-order valence-corrected chi connectivity index (χ2v) is 8.12. The van der Waals surface area contributed by atoms with E-state index in [1.165, 1.54) is 0 Å². The molecular weight excluding hydrogens is 436 g/mol. The highest BCUT2D eigenvalue weighted by Crippen LogP contribution is 2.21. The van der Waals surface area contributed by atoms with Crippen LogP contribution in [0.1, 0.15) is 24.5 Å². The van der Waals surface area contributed by atoms with Gasteiger partial charge >= 0.3 is 0 Å². The van der Waals surface area contributed by atoms with Crippen molar-refractivity contribution in [3.63, 3.8) is 0 Å². The van der Waals surface area contributed by atoms with Crippen LogP contribution in [0.5, 0.6) is 5.75 Å². The monoisotopic (exact) mass is 464 g/mol. The van der Waals surface area contributed by atoms with Gasteiger partial charge in [0, 0.05) is 24.5 Å². The number of nitrogens with zero attached hydrogens (tertiary/aromatic N) is 1. The van der Waals surface area contributed by atoms with Gasteiger partial charge < -0.3 is 15.0 Å². The third-order valence-corrected chi connectivity index (χ3v) is 5.59. The van der Waals surface area contributed by atoms with Gasteiger partial charge in [-0.05, 0) is 35.7 Å². The lowest BCUT2D eigenvalue weighted by Crippen LogP contribution is -2.51. The molecule has 33 heavy (non-hydrogen) atoms. The second kappa shape index (κ2) is 12.7. The molecule has 0 spiro atoms. The summed E-state index contributed by atoms with van der Waals surface area (Å²) in [5.74, 6) is 0.116. The van der Waals surface area contributed by atoms with E-state index in [1.807, 2.05) is 73.7 Å². The summed E-state index contributed by atoms with van der Waals surface area (Å²) in [5.41, 5.74) is 1.74. The number of nitrogens with one attached hydrogen (secondary N) is 1. The summed E-state index contributed by atoms with van der Waals surface area (Å²) < 4.78 is 5.72. The lowest BCUT2D eigenvalue weighted by Gasteiger charge is -2.31. The van der Waals surface area contributed by atoms with Gasteiger partial charge in [-0.3, -0.25) is 9.59 Å². The Hall–Kier alpha value is -3.31. The van der Waals surface area contributed by atoms with Crippen LogP contribution in [0.25, 0.3) is 0 Å². The molecular formula is C27H29ClN2O3. The number of hydrogen-bond acceptors (Lipinski definition) is 3. The molecule has 5 nitrogen and oxygen atoms in total. The first-order valence-electron chi connectivity index (χ1n) is 11.1. The van der Waals surface area contributed by atoms with Crippen molar-refractivity contribution in [2.75, 3.05) is 13.2 Å². The molecule has 3 rings (SSSR count). The summed E-state index contributed by atoms with van der Waals surface area (Å²) in [6, 6.07) is 25.5. The van der Waals surface area contributed by atoms with Gasteiger partial charge in [0.25, 0.3) is 5.91 Å². The Bertz CT molecular complexity index is 1030. The third-order valence-electron chi connectivity index (χ3n) is 5.22. The maximum atomic E-state index is 13.4. The van der Waals surface area contributed by atoms with E-state index in [1.54, 1.807) is 23.1 Å². The molecule has 6 heteroatoms. The summed E-state index contributed by atoms with van der Waals surface area (Å²) in [7, 11) is 0. The molecule has 0 fully saturated rings. The minimum absolute atomic E-state index is 0.180. The van der Waals surface area contributed by atoms with Gasteiger partial charge in [0.1, 0.15) is 11.8 Å². The zero-order chi connectivity index (χ0) is 23.5. The highest BCUT2D eigenvalue weighted by atomic mass is 35.5. The van der Waals surface area contributed by atoms with Crippen molar-refractivity contribution < 1.29 is 14.3 Å². The zero-order valence-corrected chi connectivity index (χ0v) is 19.5. The fraction of sp³-hybridized carbons (Fsp3) is 0.259. The number of rotatable bonds is 11.